The van der Waals surface area contributed by atoms with E-state index in [0.717, 1.165) is 12.0 Å². The molecule has 0 saturated heterocycles. The number of hydrogen-bond acceptors (Lipinski definition) is 1. The van der Waals surface area contributed by atoms with Crippen molar-refractivity contribution in [2.45, 2.75) is 26.4 Å². The summed E-state index contributed by atoms with van der Waals surface area (Å²) in [6.45, 7) is 4.02. The molecule has 1 aromatic rings. The Bertz CT molecular complexity index is 213. The summed E-state index contributed by atoms with van der Waals surface area (Å²) in [5.74, 6) is 0. The van der Waals surface area contributed by atoms with Crippen molar-refractivity contribution in [1.82, 2.24) is 0 Å². The zero-order valence-corrected chi connectivity index (χ0v) is 7.04. The Morgan fingerprint density at radius 3 is 2.27 bits per heavy atom. The van der Waals surface area contributed by atoms with E-state index in [1.165, 1.54) is 5.56 Å². The Morgan fingerprint density at radius 1 is 1.27 bits per heavy atom. The molecule has 0 aliphatic carbocycles. The molecule has 0 bridgehead atoms. The van der Waals surface area contributed by atoms with Gasteiger partial charge < -0.3 is 5.11 Å². The first-order valence-electron chi connectivity index (χ1n) is 3.98. The second kappa shape index (κ2) is 3.54. The quantitative estimate of drug-likeness (QED) is 0.686. The molecule has 11 heavy (non-hydrogen) atoms. The van der Waals surface area contributed by atoms with Crippen LogP contribution in [-0.4, -0.2) is 5.11 Å². The van der Waals surface area contributed by atoms with Gasteiger partial charge in [-0.15, -0.1) is 0 Å². The van der Waals surface area contributed by atoms with E-state index in [9.17, 15) is 5.11 Å². The highest BCUT2D eigenvalue weighted by atomic mass is 16.3. The van der Waals surface area contributed by atoms with Gasteiger partial charge in [0.25, 0.3) is 0 Å². The van der Waals surface area contributed by atoms with Crippen LogP contribution >= 0.6 is 0 Å². The normalized spacial score (nSPS) is 13.0. The first-order chi connectivity index (χ1) is 5.24. The molecular weight excluding hydrogens is 136 g/mol. The fraction of sp³-hybridized carbons (Fsp3) is 0.400. The van der Waals surface area contributed by atoms with Crippen molar-refractivity contribution in [2.24, 2.45) is 0 Å². The lowest BCUT2D eigenvalue weighted by atomic mass is 10.1. The largest absolute Gasteiger partial charge is 0.388 e. The molecular formula is C10H14O. The van der Waals surface area contributed by atoms with Gasteiger partial charge in [-0.2, -0.15) is 0 Å². The highest BCUT2D eigenvalue weighted by molar-refractivity contribution is 5.22. The van der Waals surface area contributed by atoms with Gasteiger partial charge in [0, 0.05) is 0 Å². The highest BCUT2D eigenvalue weighted by Gasteiger charge is 2.01. The van der Waals surface area contributed by atoms with E-state index in [4.69, 9.17) is 0 Å². The minimum atomic E-state index is -0.296. The van der Waals surface area contributed by atoms with Crippen molar-refractivity contribution < 1.29 is 5.11 Å². The lowest BCUT2D eigenvalue weighted by Gasteiger charge is -2.07. The molecule has 0 saturated carbocycles. The summed E-state index contributed by atoms with van der Waals surface area (Å²) in [6.07, 6.45) is 0.485. The Kier molecular flexibility index (Phi) is 2.66. The molecule has 1 rings (SSSR count). The van der Waals surface area contributed by atoms with Crippen molar-refractivity contribution in [1.29, 1.82) is 0 Å². The van der Waals surface area contributed by atoms with Gasteiger partial charge in [-0.05, 0) is 18.9 Å². The number of aliphatic hydroxyl groups excluding tert-OH is 1. The van der Waals surface area contributed by atoms with Crippen LogP contribution < -0.4 is 0 Å². The van der Waals surface area contributed by atoms with Gasteiger partial charge in [0.1, 0.15) is 0 Å². The second-order valence-corrected chi connectivity index (χ2v) is 2.83. The van der Waals surface area contributed by atoms with E-state index in [-0.39, 0.29) is 6.10 Å². The molecule has 0 fully saturated rings. The number of aliphatic hydroxyl groups is 1. The van der Waals surface area contributed by atoms with Crippen LogP contribution in [0.3, 0.4) is 0 Å². The number of rotatable bonds is 2. The lowest BCUT2D eigenvalue weighted by Crippen LogP contribution is -1.93. The summed E-state index contributed by atoms with van der Waals surface area (Å²) in [5, 5.41) is 9.42. The summed E-state index contributed by atoms with van der Waals surface area (Å²) in [4.78, 5) is 0. The van der Waals surface area contributed by atoms with Crippen LogP contribution in [0.15, 0.2) is 24.3 Å². The van der Waals surface area contributed by atoms with Crippen LogP contribution in [0, 0.1) is 6.92 Å². The second-order valence-electron chi connectivity index (χ2n) is 2.83. The summed E-state index contributed by atoms with van der Waals surface area (Å²) < 4.78 is 0. The Labute approximate surface area is 67.7 Å². The first kappa shape index (κ1) is 8.28. The van der Waals surface area contributed by atoms with E-state index in [2.05, 4.69) is 0 Å². The van der Waals surface area contributed by atoms with Crippen LogP contribution in [0.5, 0.6) is 0 Å². The summed E-state index contributed by atoms with van der Waals surface area (Å²) in [5.41, 5.74) is 2.25. The fourth-order valence-corrected chi connectivity index (χ4v) is 1.02. The van der Waals surface area contributed by atoms with E-state index < -0.39 is 0 Å². The van der Waals surface area contributed by atoms with Crippen LogP contribution in [0.2, 0.25) is 0 Å². The molecule has 0 spiro atoms. The molecule has 1 aromatic carbocycles. The maximum Gasteiger partial charge on any atom is 0.0787 e. The Balaban J connectivity index is 2.81. The predicted octanol–water partition coefficient (Wildman–Crippen LogP) is 2.44. The smallest absolute Gasteiger partial charge is 0.0787 e. The Hall–Kier alpha value is -0.820. The third kappa shape index (κ3) is 2.05. The van der Waals surface area contributed by atoms with Crippen LogP contribution in [0.1, 0.15) is 30.6 Å². The molecule has 60 valence electrons. The van der Waals surface area contributed by atoms with E-state index in [0.29, 0.717) is 0 Å². The summed E-state index contributed by atoms with van der Waals surface area (Å²) in [7, 11) is 0. The topological polar surface area (TPSA) is 20.2 Å². The molecule has 0 unspecified atom stereocenters. The molecule has 0 aliphatic heterocycles. The molecule has 0 amide bonds. The average molecular weight is 150 g/mol. The third-order valence-electron chi connectivity index (χ3n) is 1.85. The molecule has 1 N–H and O–H groups in total. The van der Waals surface area contributed by atoms with Gasteiger partial charge in [0.2, 0.25) is 0 Å². The van der Waals surface area contributed by atoms with Gasteiger partial charge in [-0.1, -0.05) is 36.8 Å². The van der Waals surface area contributed by atoms with Gasteiger partial charge in [0.05, 0.1) is 6.10 Å². The van der Waals surface area contributed by atoms with Crippen LogP contribution in [0.25, 0.3) is 0 Å². The maximum atomic E-state index is 9.42. The number of aryl methyl sites for hydroxylation is 1. The summed E-state index contributed by atoms with van der Waals surface area (Å²) >= 11 is 0. The average Bonchev–Trinajstić information content (AvgIpc) is 2.05. The van der Waals surface area contributed by atoms with Crippen molar-refractivity contribution in [3.63, 3.8) is 0 Å². The maximum absolute atomic E-state index is 9.42. The molecule has 1 atom stereocenters. The zero-order valence-electron chi connectivity index (χ0n) is 7.04. The summed E-state index contributed by atoms with van der Waals surface area (Å²) in [6, 6.07) is 8.00. The van der Waals surface area contributed by atoms with E-state index in [1.54, 1.807) is 0 Å². The molecule has 1 heteroatoms. The minimum Gasteiger partial charge on any atom is -0.388 e. The predicted molar refractivity (Wildman–Crippen MR) is 46.4 cm³/mol. The van der Waals surface area contributed by atoms with Crippen LogP contribution in [-0.2, 0) is 0 Å². The molecule has 0 heterocycles. The SMILES string of the molecule is CC[C@@H](O)c1ccc(C)cc1. The van der Waals surface area contributed by atoms with Crippen LogP contribution in [0.4, 0.5) is 0 Å². The van der Waals surface area contributed by atoms with Crippen molar-refractivity contribution in [3.05, 3.63) is 35.4 Å². The van der Waals surface area contributed by atoms with Crippen molar-refractivity contribution in [3.8, 4) is 0 Å². The zero-order chi connectivity index (χ0) is 8.27. The van der Waals surface area contributed by atoms with Gasteiger partial charge in [-0.25, -0.2) is 0 Å². The number of hydrogen-bond donors (Lipinski definition) is 1. The van der Waals surface area contributed by atoms with Gasteiger partial charge >= 0.3 is 0 Å². The first-order valence-corrected chi connectivity index (χ1v) is 3.98. The standard InChI is InChI=1S/C10H14O/c1-3-10(11)9-6-4-8(2)5-7-9/h4-7,10-11H,3H2,1-2H3/t10-/m1/s1. The van der Waals surface area contributed by atoms with Crippen molar-refractivity contribution >= 4 is 0 Å². The van der Waals surface area contributed by atoms with Gasteiger partial charge in [0.15, 0.2) is 0 Å². The number of benzene rings is 1. The van der Waals surface area contributed by atoms with E-state index >= 15 is 0 Å². The third-order valence-corrected chi connectivity index (χ3v) is 1.85. The van der Waals surface area contributed by atoms with Crippen molar-refractivity contribution in [2.75, 3.05) is 0 Å². The lowest BCUT2D eigenvalue weighted by molar-refractivity contribution is 0.173. The Morgan fingerprint density at radius 2 is 1.82 bits per heavy atom. The minimum absolute atomic E-state index is 0.296. The van der Waals surface area contributed by atoms with Gasteiger partial charge in [-0.3, -0.25) is 0 Å². The monoisotopic (exact) mass is 150 g/mol. The highest BCUT2D eigenvalue weighted by Crippen LogP contribution is 2.15. The van der Waals surface area contributed by atoms with E-state index in [1.807, 2.05) is 38.1 Å². The molecule has 0 radical (unpaired) electrons. The molecule has 1 nitrogen and oxygen atoms in total. The molecule has 0 aromatic heterocycles. The fourth-order valence-electron chi connectivity index (χ4n) is 1.02. The molecule has 0 aliphatic rings.